The Morgan fingerprint density at radius 1 is 0.923 bits per heavy atom. The number of carbonyl (C=O) groups is 1. The standard InChI is InChI=1S/C33H50O4Si2/c1-31(2,3)38(8,9)37-29-20-22-33(7)28(24-34)27(30(29)36-33)21-23-35-39(32(4,5)6,25-16-12-10-13-17-25)26-18-14-11-15-19-26/h10-19,24,27-30H,20-23H2,1-9H3/t27-,28-,29+,30-,33-/m1/s1. The van der Waals surface area contributed by atoms with Crippen LogP contribution in [0.25, 0.3) is 0 Å². The van der Waals surface area contributed by atoms with Crippen LogP contribution in [0.15, 0.2) is 60.7 Å². The van der Waals surface area contributed by atoms with Crippen molar-refractivity contribution in [2.75, 3.05) is 6.61 Å². The molecule has 0 spiro atoms. The lowest BCUT2D eigenvalue weighted by atomic mass is 9.80. The van der Waals surface area contributed by atoms with Crippen LogP contribution in [-0.4, -0.2) is 47.3 Å². The van der Waals surface area contributed by atoms with Crippen molar-refractivity contribution >= 4 is 33.3 Å². The zero-order valence-corrected chi connectivity index (χ0v) is 27.6. The van der Waals surface area contributed by atoms with E-state index in [1.165, 1.54) is 10.4 Å². The zero-order valence-electron chi connectivity index (χ0n) is 25.6. The monoisotopic (exact) mass is 566 g/mol. The van der Waals surface area contributed by atoms with E-state index in [1.54, 1.807) is 0 Å². The molecule has 0 radical (unpaired) electrons. The van der Waals surface area contributed by atoms with Gasteiger partial charge in [-0.3, -0.25) is 0 Å². The molecule has 2 heterocycles. The van der Waals surface area contributed by atoms with Crippen LogP contribution in [0.4, 0.5) is 0 Å². The van der Waals surface area contributed by atoms with Gasteiger partial charge in [-0.05, 0) is 59.7 Å². The van der Waals surface area contributed by atoms with E-state index in [0.29, 0.717) is 6.61 Å². The lowest BCUT2D eigenvalue weighted by molar-refractivity contribution is -0.136. The van der Waals surface area contributed by atoms with E-state index >= 15 is 0 Å². The van der Waals surface area contributed by atoms with Gasteiger partial charge in [-0.25, -0.2) is 0 Å². The molecular weight excluding hydrogens is 517 g/mol. The number of hydrogen-bond acceptors (Lipinski definition) is 4. The highest BCUT2D eigenvalue weighted by Gasteiger charge is 2.59. The van der Waals surface area contributed by atoms with E-state index in [-0.39, 0.29) is 34.1 Å². The third-order valence-electron chi connectivity index (χ3n) is 9.87. The summed E-state index contributed by atoms with van der Waals surface area (Å²) in [6, 6.07) is 21.6. The molecule has 39 heavy (non-hydrogen) atoms. The van der Waals surface area contributed by atoms with Crippen LogP contribution >= 0.6 is 0 Å². The van der Waals surface area contributed by atoms with Gasteiger partial charge in [0.1, 0.15) is 6.29 Å². The molecule has 214 valence electrons. The second-order valence-electron chi connectivity index (χ2n) is 14.5. The lowest BCUT2D eigenvalue weighted by Gasteiger charge is -2.44. The molecule has 2 aromatic rings. The van der Waals surface area contributed by atoms with Gasteiger partial charge < -0.3 is 18.4 Å². The average Bonchev–Trinajstić information content (AvgIpc) is 3.09. The van der Waals surface area contributed by atoms with Gasteiger partial charge in [0.25, 0.3) is 8.32 Å². The first-order chi connectivity index (χ1) is 18.2. The Bertz CT molecular complexity index is 1070. The first-order valence-electron chi connectivity index (χ1n) is 14.7. The summed E-state index contributed by atoms with van der Waals surface area (Å²) in [5, 5.41) is 2.60. The van der Waals surface area contributed by atoms with E-state index in [0.717, 1.165) is 25.5 Å². The van der Waals surface area contributed by atoms with Crippen molar-refractivity contribution in [3.8, 4) is 0 Å². The Balaban J connectivity index is 1.64. The Kier molecular flexibility index (Phi) is 8.58. The summed E-state index contributed by atoms with van der Waals surface area (Å²) < 4.78 is 20.9. The maximum atomic E-state index is 12.5. The van der Waals surface area contributed by atoms with Crippen molar-refractivity contribution in [3.63, 3.8) is 0 Å². The predicted molar refractivity (Wildman–Crippen MR) is 166 cm³/mol. The summed E-state index contributed by atoms with van der Waals surface area (Å²) in [5.41, 5.74) is -0.415. The van der Waals surface area contributed by atoms with Gasteiger partial charge >= 0.3 is 0 Å². The average molecular weight is 567 g/mol. The normalized spacial score (nSPS) is 27.9. The molecule has 4 rings (SSSR count). The molecule has 0 saturated carbocycles. The van der Waals surface area contributed by atoms with Gasteiger partial charge in [-0.2, -0.15) is 0 Å². The Hall–Kier alpha value is -1.58. The maximum Gasteiger partial charge on any atom is 0.261 e. The van der Waals surface area contributed by atoms with Crippen molar-refractivity contribution < 1.29 is 18.4 Å². The molecule has 5 atom stereocenters. The molecule has 2 aliphatic heterocycles. The lowest BCUT2D eigenvalue weighted by Crippen LogP contribution is -2.66. The summed E-state index contributed by atoms with van der Waals surface area (Å²) >= 11 is 0. The molecule has 0 aromatic heterocycles. The topological polar surface area (TPSA) is 44.8 Å². The largest absolute Gasteiger partial charge is 0.411 e. The van der Waals surface area contributed by atoms with E-state index in [4.69, 9.17) is 13.6 Å². The van der Waals surface area contributed by atoms with Gasteiger partial charge in [0.05, 0.1) is 17.8 Å². The minimum absolute atomic E-state index is 0.0294. The first kappa shape index (κ1) is 30.4. The summed E-state index contributed by atoms with van der Waals surface area (Å²) in [5.74, 6) is -0.0544. The van der Waals surface area contributed by atoms with Gasteiger partial charge in [-0.15, -0.1) is 0 Å². The van der Waals surface area contributed by atoms with Crippen LogP contribution < -0.4 is 10.4 Å². The van der Waals surface area contributed by atoms with Crippen LogP contribution in [0, 0.1) is 11.8 Å². The Morgan fingerprint density at radius 2 is 1.46 bits per heavy atom. The Morgan fingerprint density at radius 3 is 1.92 bits per heavy atom. The molecule has 0 unspecified atom stereocenters. The minimum Gasteiger partial charge on any atom is -0.411 e. The fourth-order valence-corrected chi connectivity index (χ4v) is 12.6. The fraction of sp³-hybridized carbons (Fsp3) is 0.606. The van der Waals surface area contributed by atoms with Gasteiger partial charge in [0, 0.05) is 18.4 Å². The smallest absolute Gasteiger partial charge is 0.261 e. The molecule has 4 nitrogen and oxygen atoms in total. The summed E-state index contributed by atoms with van der Waals surface area (Å²) in [4.78, 5) is 12.5. The first-order valence-corrected chi connectivity index (χ1v) is 19.5. The number of hydrogen-bond donors (Lipinski definition) is 0. The molecule has 2 fully saturated rings. The van der Waals surface area contributed by atoms with Crippen molar-refractivity contribution in [2.45, 2.75) is 109 Å². The van der Waals surface area contributed by atoms with Crippen LogP contribution in [-0.2, 0) is 18.4 Å². The summed E-state index contributed by atoms with van der Waals surface area (Å²) in [6.45, 7) is 21.1. The second-order valence-corrected chi connectivity index (χ2v) is 23.5. The van der Waals surface area contributed by atoms with E-state index in [9.17, 15) is 4.79 Å². The number of ether oxygens (including phenoxy) is 1. The molecule has 0 N–H and O–H groups in total. The van der Waals surface area contributed by atoms with Crippen LogP contribution in [0.3, 0.4) is 0 Å². The number of fused-ring (bicyclic) bond motifs is 2. The number of rotatable bonds is 9. The highest BCUT2D eigenvalue weighted by molar-refractivity contribution is 6.99. The van der Waals surface area contributed by atoms with E-state index < -0.39 is 22.2 Å². The summed E-state index contributed by atoms with van der Waals surface area (Å²) in [6.07, 6.45) is 3.70. The molecule has 2 aromatic carbocycles. The van der Waals surface area contributed by atoms with E-state index in [2.05, 4.69) is 122 Å². The fourth-order valence-electron chi connectivity index (χ4n) is 6.68. The van der Waals surface area contributed by atoms with Gasteiger partial charge in [0.2, 0.25) is 0 Å². The van der Waals surface area contributed by atoms with Crippen molar-refractivity contribution in [1.82, 2.24) is 0 Å². The van der Waals surface area contributed by atoms with Crippen molar-refractivity contribution in [1.29, 1.82) is 0 Å². The van der Waals surface area contributed by atoms with Crippen LogP contribution in [0.2, 0.25) is 23.2 Å². The molecule has 0 aliphatic carbocycles. The third-order valence-corrected chi connectivity index (χ3v) is 19.4. The van der Waals surface area contributed by atoms with E-state index in [1.807, 2.05) is 0 Å². The van der Waals surface area contributed by atoms with Gasteiger partial charge in [-0.1, -0.05) is 102 Å². The van der Waals surface area contributed by atoms with Crippen molar-refractivity contribution in [3.05, 3.63) is 60.7 Å². The number of benzene rings is 2. The molecule has 2 saturated heterocycles. The van der Waals surface area contributed by atoms with Crippen LogP contribution in [0.1, 0.15) is 67.7 Å². The minimum atomic E-state index is -2.64. The highest BCUT2D eigenvalue weighted by atomic mass is 28.4. The zero-order chi connectivity index (χ0) is 28.7. The predicted octanol–water partition coefficient (Wildman–Crippen LogP) is 6.73. The van der Waals surface area contributed by atoms with Crippen LogP contribution in [0.5, 0.6) is 0 Å². The maximum absolute atomic E-state index is 12.5. The summed E-state index contributed by atoms with van der Waals surface area (Å²) in [7, 11) is -4.62. The second kappa shape index (κ2) is 11.0. The number of aldehydes is 1. The molecule has 0 amide bonds. The third kappa shape index (κ3) is 5.65. The molecule has 6 heteroatoms. The SMILES string of the molecule is CC(C)(C)[Si](C)(C)O[C@H]1CC[C@@]2(C)O[C@@H]1[C@H](CCO[Si](c1ccccc1)(c1ccccc1)C(C)(C)C)[C@H]2C=O. The van der Waals surface area contributed by atoms with Crippen molar-refractivity contribution in [2.24, 2.45) is 11.8 Å². The highest BCUT2D eigenvalue weighted by Crippen LogP contribution is 2.52. The molecular formula is C33H50O4Si2. The molecule has 2 bridgehead atoms. The quantitative estimate of drug-likeness (QED) is 0.249. The molecule has 2 aliphatic rings. The van der Waals surface area contributed by atoms with Gasteiger partial charge in [0.15, 0.2) is 8.32 Å². The number of carbonyl (C=O) groups excluding carboxylic acids is 1. The Labute approximate surface area is 239 Å².